The second kappa shape index (κ2) is 9.13. The molecule has 0 heterocycles. The zero-order valence-corrected chi connectivity index (χ0v) is 14.6. The van der Waals surface area contributed by atoms with E-state index in [1.807, 2.05) is 48.2 Å². The molecule has 0 aromatic heterocycles. The first-order chi connectivity index (χ1) is 11.6. The number of rotatable bonds is 8. The van der Waals surface area contributed by atoms with Gasteiger partial charge in [0.05, 0.1) is 11.3 Å². The highest BCUT2D eigenvalue weighted by atomic mass is 32.2. The van der Waals surface area contributed by atoms with Crippen LogP contribution in [0.2, 0.25) is 0 Å². The van der Waals surface area contributed by atoms with Crippen molar-refractivity contribution < 1.29 is 9.59 Å². The number of nitrogens with zero attached hydrogens (tertiary/aromatic N) is 1. The van der Waals surface area contributed by atoms with Gasteiger partial charge in [-0.2, -0.15) is 0 Å². The van der Waals surface area contributed by atoms with Crippen LogP contribution in [0.3, 0.4) is 0 Å². The molecule has 2 amide bonds. The molecule has 0 saturated carbocycles. The minimum absolute atomic E-state index is 0.0130. The van der Waals surface area contributed by atoms with E-state index >= 15 is 0 Å². The normalized spacial score (nSPS) is 10.4. The van der Waals surface area contributed by atoms with Gasteiger partial charge in [-0.15, -0.1) is 11.8 Å². The van der Waals surface area contributed by atoms with E-state index < -0.39 is 5.91 Å². The number of hydrogen-bond acceptors (Lipinski definition) is 3. The lowest BCUT2D eigenvalue weighted by atomic mass is 10.1. The van der Waals surface area contributed by atoms with E-state index in [0.29, 0.717) is 18.7 Å². The number of amides is 2. The molecular formula is C19H22N2O2S. The Morgan fingerprint density at radius 1 is 1.04 bits per heavy atom. The summed E-state index contributed by atoms with van der Waals surface area (Å²) in [5, 5.41) is 0. The van der Waals surface area contributed by atoms with Crippen molar-refractivity contribution in [1.29, 1.82) is 0 Å². The topological polar surface area (TPSA) is 63.4 Å². The predicted octanol–water partition coefficient (Wildman–Crippen LogP) is 2.97. The third-order valence-electron chi connectivity index (χ3n) is 3.67. The van der Waals surface area contributed by atoms with Crippen LogP contribution in [-0.4, -0.2) is 35.6 Å². The highest BCUT2D eigenvalue weighted by Crippen LogP contribution is 2.23. The van der Waals surface area contributed by atoms with Crippen LogP contribution in [0.4, 0.5) is 0 Å². The van der Waals surface area contributed by atoms with Crippen molar-refractivity contribution in [3.8, 4) is 0 Å². The molecule has 2 rings (SSSR count). The number of thioether (sulfide) groups is 1. The fourth-order valence-corrected chi connectivity index (χ4v) is 3.18. The first-order valence-electron chi connectivity index (χ1n) is 7.95. The van der Waals surface area contributed by atoms with Gasteiger partial charge in [0.15, 0.2) is 0 Å². The van der Waals surface area contributed by atoms with Crippen molar-refractivity contribution in [2.75, 3.05) is 18.8 Å². The molecule has 24 heavy (non-hydrogen) atoms. The Balaban J connectivity index is 2.09. The van der Waals surface area contributed by atoms with Crippen molar-refractivity contribution in [3.63, 3.8) is 0 Å². The number of nitrogens with two attached hydrogens (primary N) is 1. The molecule has 0 saturated heterocycles. The van der Waals surface area contributed by atoms with Crippen LogP contribution in [0, 0.1) is 0 Å². The largest absolute Gasteiger partial charge is 0.369 e. The van der Waals surface area contributed by atoms with Crippen LogP contribution < -0.4 is 5.73 Å². The smallest absolute Gasteiger partial charge is 0.254 e. The van der Waals surface area contributed by atoms with Gasteiger partial charge in [0.1, 0.15) is 0 Å². The maximum atomic E-state index is 12.9. The van der Waals surface area contributed by atoms with Gasteiger partial charge in [0, 0.05) is 18.0 Å². The number of carbonyl (C=O) groups is 2. The molecule has 0 spiro atoms. The Morgan fingerprint density at radius 3 is 2.38 bits per heavy atom. The van der Waals surface area contributed by atoms with Crippen LogP contribution >= 0.6 is 11.8 Å². The van der Waals surface area contributed by atoms with Gasteiger partial charge in [-0.1, -0.05) is 42.5 Å². The molecule has 0 atom stereocenters. The predicted molar refractivity (Wildman–Crippen MR) is 98.1 cm³/mol. The number of hydrogen-bond donors (Lipinski definition) is 1. The average molecular weight is 342 g/mol. The van der Waals surface area contributed by atoms with Gasteiger partial charge >= 0.3 is 0 Å². The standard InChI is InChI=1S/C19H22N2O2S/c1-2-21(13-12-15-8-4-3-5-9-15)19(23)16-10-6-7-11-17(16)24-14-18(20)22/h3-11H,2,12-14H2,1H3,(H2,20,22). The Labute approximate surface area is 147 Å². The van der Waals surface area contributed by atoms with Crippen LogP contribution in [0.25, 0.3) is 0 Å². The maximum absolute atomic E-state index is 12.9. The van der Waals surface area contributed by atoms with E-state index in [1.165, 1.54) is 17.3 Å². The summed E-state index contributed by atoms with van der Waals surface area (Å²) in [7, 11) is 0. The van der Waals surface area contributed by atoms with Crippen molar-refractivity contribution in [1.82, 2.24) is 4.90 Å². The lowest BCUT2D eigenvalue weighted by molar-refractivity contribution is -0.115. The average Bonchev–Trinajstić information content (AvgIpc) is 2.61. The lowest BCUT2D eigenvalue weighted by Crippen LogP contribution is -2.33. The van der Waals surface area contributed by atoms with Crippen LogP contribution in [0.5, 0.6) is 0 Å². The number of carbonyl (C=O) groups excluding carboxylic acids is 2. The highest BCUT2D eigenvalue weighted by molar-refractivity contribution is 8.00. The van der Waals surface area contributed by atoms with Gasteiger partial charge in [-0.05, 0) is 31.0 Å². The monoisotopic (exact) mass is 342 g/mol. The van der Waals surface area contributed by atoms with Gasteiger partial charge < -0.3 is 10.6 Å². The molecule has 2 aromatic rings. The molecule has 126 valence electrons. The molecule has 0 aliphatic rings. The van der Waals surface area contributed by atoms with E-state index in [-0.39, 0.29) is 11.7 Å². The van der Waals surface area contributed by atoms with Crippen molar-refractivity contribution >= 4 is 23.6 Å². The quantitative estimate of drug-likeness (QED) is 0.750. The van der Waals surface area contributed by atoms with Crippen LogP contribution in [0.1, 0.15) is 22.8 Å². The van der Waals surface area contributed by atoms with Crippen molar-refractivity contribution in [2.45, 2.75) is 18.2 Å². The first kappa shape index (κ1) is 18.1. The summed E-state index contributed by atoms with van der Waals surface area (Å²) in [5.41, 5.74) is 7.04. The fourth-order valence-electron chi connectivity index (χ4n) is 2.40. The minimum atomic E-state index is -0.390. The summed E-state index contributed by atoms with van der Waals surface area (Å²) in [6.07, 6.45) is 0.816. The molecule has 0 aliphatic heterocycles. The maximum Gasteiger partial charge on any atom is 0.254 e. The number of benzene rings is 2. The van der Waals surface area contributed by atoms with Crippen molar-refractivity contribution in [2.24, 2.45) is 5.73 Å². The molecule has 2 N–H and O–H groups in total. The molecule has 5 heteroatoms. The molecular weight excluding hydrogens is 320 g/mol. The summed E-state index contributed by atoms with van der Waals surface area (Å²) >= 11 is 1.30. The summed E-state index contributed by atoms with van der Waals surface area (Å²) < 4.78 is 0. The highest BCUT2D eigenvalue weighted by Gasteiger charge is 2.17. The van der Waals surface area contributed by atoms with Gasteiger partial charge in [-0.3, -0.25) is 9.59 Å². The van der Waals surface area contributed by atoms with E-state index in [1.54, 1.807) is 6.07 Å². The summed E-state index contributed by atoms with van der Waals surface area (Å²) in [5.74, 6) is -0.236. The zero-order valence-electron chi connectivity index (χ0n) is 13.8. The second-order valence-electron chi connectivity index (χ2n) is 5.37. The first-order valence-corrected chi connectivity index (χ1v) is 8.93. The molecule has 0 unspecified atom stereocenters. The number of primary amides is 1. The van der Waals surface area contributed by atoms with Crippen LogP contribution in [0.15, 0.2) is 59.5 Å². The summed E-state index contributed by atoms with van der Waals surface area (Å²) in [6, 6.07) is 17.5. The molecule has 0 radical (unpaired) electrons. The Kier molecular flexibility index (Phi) is 6.88. The van der Waals surface area contributed by atoms with Gasteiger partial charge in [0.2, 0.25) is 5.91 Å². The van der Waals surface area contributed by atoms with Crippen molar-refractivity contribution in [3.05, 3.63) is 65.7 Å². The van der Waals surface area contributed by atoms with E-state index in [2.05, 4.69) is 12.1 Å². The van der Waals surface area contributed by atoms with Crippen LogP contribution in [-0.2, 0) is 11.2 Å². The SMILES string of the molecule is CCN(CCc1ccccc1)C(=O)c1ccccc1SCC(N)=O. The molecule has 4 nitrogen and oxygen atoms in total. The van der Waals surface area contributed by atoms with E-state index in [4.69, 9.17) is 5.73 Å². The Hall–Kier alpha value is -2.27. The van der Waals surface area contributed by atoms with Gasteiger partial charge in [0.25, 0.3) is 5.91 Å². The van der Waals surface area contributed by atoms with E-state index in [9.17, 15) is 9.59 Å². The zero-order chi connectivity index (χ0) is 17.4. The molecule has 0 bridgehead atoms. The van der Waals surface area contributed by atoms with E-state index in [0.717, 1.165) is 11.3 Å². The summed E-state index contributed by atoms with van der Waals surface area (Å²) in [4.78, 5) is 26.5. The molecule has 0 aliphatic carbocycles. The third kappa shape index (κ3) is 5.13. The minimum Gasteiger partial charge on any atom is -0.369 e. The molecule has 0 fully saturated rings. The lowest BCUT2D eigenvalue weighted by Gasteiger charge is -2.22. The molecule has 2 aromatic carbocycles. The summed E-state index contributed by atoms with van der Waals surface area (Å²) in [6.45, 7) is 3.27. The second-order valence-corrected chi connectivity index (χ2v) is 6.39. The number of likely N-dealkylation sites (N-methyl/N-ethyl adjacent to an activating group) is 1. The third-order valence-corrected chi connectivity index (χ3v) is 4.77. The fraction of sp³-hybridized carbons (Fsp3) is 0.263. The van der Waals surface area contributed by atoms with Gasteiger partial charge in [-0.25, -0.2) is 0 Å². The Morgan fingerprint density at radius 2 is 1.71 bits per heavy atom. The Bertz CT molecular complexity index is 689.